The Morgan fingerprint density at radius 3 is 1.86 bits per heavy atom. The molecule has 0 atom stereocenters. The Bertz CT molecular complexity index is 2950. The van der Waals surface area contributed by atoms with Gasteiger partial charge in [0.25, 0.3) is 0 Å². The molecule has 4 nitrogen and oxygen atoms in total. The summed E-state index contributed by atoms with van der Waals surface area (Å²) in [5.41, 5.74) is 6.26. The highest BCUT2D eigenvalue weighted by Gasteiger charge is 2.20. The smallest absolute Gasteiger partial charge is 0.165 e. The molecule has 0 fully saturated rings. The number of halogens is 1. The first-order valence-corrected chi connectivity index (χ1v) is 16.9. The number of hydrogen-bond donors (Lipinski definition) is 0. The molecule has 10 rings (SSSR count). The van der Waals surface area contributed by atoms with E-state index in [0.717, 1.165) is 71.1 Å². The lowest BCUT2D eigenvalue weighted by molar-refractivity contribution is 0.669. The van der Waals surface area contributed by atoms with E-state index in [1.165, 1.54) is 5.39 Å². The van der Waals surface area contributed by atoms with Crippen molar-refractivity contribution in [3.63, 3.8) is 0 Å². The minimum Gasteiger partial charge on any atom is -0.456 e. The standard InChI is InChI=1S/C45H26ClN3O/c46-39-26-41-38(42-33-18-7-4-13-28(33)21-22-40(42)50-41)25-37(39)45-48-43(31-16-10-15-29(23-31)27-11-2-1-3-12-27)47-44(49-45)36-24-30-14-5-6-17-32(30)34-19-8-9-20-35(34)36/h1-26H. The van der Waals surface area contributed by atoms with Gasteiger partial charge in [-0.3, -0.25) is 0 Å². The van der Waals surface area contributed by atoms with E-state index in [0.29, 0.717) is 28.1 Å². The highest BCUT2D eigenvalue weighted by Crippen LogP contribution is 2.41. The summed E-state index contributed by atoms with van der Waals surface area (Å²) in [4.78, 5) is 15.5. The largest absolute Gasteiger partial charge is 0.456 e. The lowest BCUT2D eigenvalue weighted by atomic mass is 9.96. The van der Waals surface area contributed by atoms with Crippen molar-refractivity contribution in [2.45, 2.75) is 0 Å². The van der Waals surface area contributed by atoms with Gasteiger partial charge in [-0.15, -0.1) is 0 Å². The van der Waals surface area contributed by atoms with Gasteiger partial charge in [-0.05, 0) is 67.7 Å². The van der Waals surface area contributed by atoms with Crippen molar-refractivity contribution in [2.75, 3.05) is 0 Å². The first-order valence-electron chi connectivity index (χ1n) is 16.5. The number of fused-ring (bicyclic) bond motifs is 8. The lowest BCUT2D eigenvalue weighted by Crippen LogP contribution is -2.01. The maximum Gasteiger partial charge on any atom is 0.165 e. The molecule has 50 heavy (non-hydrogen) atoms. The van der Waals surface area contributed by atoms with Crippen molar-refractivity contribution in [1.82, 2.24) is 15.0 Å². The molecule has 0 unspecified atom stereocenters. The fourth-order valence-electron chi connectivity index (χ4n) is 7.19. The molecule has 5 heteroatoms. The fraction of sp³-hybridized carbons (Fsp3) is 0. The van der Waals surface area contributed by atoms with Gasteiger partial charge in [-0.2, -0.15) is 0 Å². The van der Waals surface area contributed by atoms with Crippen molar-refractivity contribution < 1.29 is 4.42 Å². The molecule has 0 aliphatic rings. The fourth-order valence-corrected chi connectivity index (χ4v) is 7.43. The predicted molar refractivity (Wildman–Crippen MR) is 206 cm³/mol. The second-order valence-corrected chi connectivity index (χ2v) is 12.9. The van der Waals surface area contributed by atoms with Gasteiger partial charge >= 0.3 is 0 Å². The van der Waals surface area contributed by atoms with E-state index < -0.39 is 0 Å². The van der Waals surface area contributed by atoms with Crippen LogP contribution in [0.4, 0.5) is 0 Å². The number of benzene rings is 8. The highest BCUT2D eigenvalue weighted by atomic mass is 35.5. The Kier molecular flexibility index (Phi) is 6.51. The molecule has 0 spiro atoms. The summed E-state index contributed by atoms with van der Waals surface area (Å²) >= 11 is 7.10. The van der Waals surface area contributed by atoms with Gasteiger partial charge in [0.1, 0.15) is 11.2 Å². The molecule has 2 heterocycles. The van der Waals surface area contributed by atoms with Crippen molar-refractivity contribution in [1.29, 1.82) is 0 Å². The third kappa shape index (κ3) is 4.65. The molecule has 2 aromatic heterocycles. The Morgan fingerprint density at radius 1 is 0.380 bits per heavy atom. The topological polar surface area (TPSA) is 51.8 Å². The summed E-state index contributed by atoms with van der Waals surface area (Å²) in [6, 6.07) is 54.2. The second kappa shape index (κ2) is 11.4. The van der Waals surface area contributed by atoms with Gasteiger partial charge in [-0.1, -0.05) is 139 Å². The first-order chi connectivity index (χ1) is 24.7. The van der Waals surface area contributed by atoms with Gasteiger partial charge in [0, 0.05) is 33.5 Å². The van der Waals surface area contributed by atoms with Crippen LogP contribution in [0.15, 0.2) is 162 Å². The van der Waals surface area contributed by atoms with E-state index in [-0.39, 0.29) is 0 Å². The Balaban J connectivity index is 1.26. The van der Waals surface area contributed by atoms with Crippen LogP contribution < -0.4 is 0 Å². The summed E-state index contributed by atoms with van der Waals surface area (Å²) in [7, 11) is 0. The minimum absolute atomic E-state index is 0.494. The van der Waals surface area contributed by atoms with Crippen LogP contribution in [0.3, 0.4) is 0 Å². The molecule has 0 saturated carbocycles. The average Bonchev–Trinajstić information content (AvgIpc) is 3.55. The molecule has 0 saturated heterocycles. The normalized spacial score (nSPS) is 11.7. The number of nitrogens with zero attached hydrogens (tertiary/aromatic N) is 3. The first kappa shape index (κ1) is 28.6. The molecule has 10 aromatic rings. The zero-order valence-electron chi connectivity index (χ0n) is 26.6. The van der Waals surface area contributed by atoms with Crippen LogP contribution in [0, 0.1) is 0 Å². The number of aromatic nitrogens is 3. The monoisotopic (exact) mass is 659 g/mol. The Morgan fingerprint density at radius 2 is 1.02 bits per heavy atom. The average molecular weight is 660 g/mol. The van der Waals surface area contributed by atoms with Crippen molar-refractivity contribution in [3.8, 4) is 45.3 Å². The molecule has 0 radical (unpaired) electrons. The maximum absolute atomic E-state index is 7.10. The van der Waals surface area contributed by atoms with Gasteiger partial charge in [0.15, 0.2) is 17.5 Å². The molecule has 0 amide bonds. The van der Waals surface area contributed by atoms with Crippen LogP contribution in [0.2, 0.25) is 5.02 Å². The number of hydrogen-bond acceptors (Lipinski definition) is 4. The molecule has 0 aliphatic heterocycles. The summed E-state index contributed by atoms with van der Waals surface area (Å²) < 4.78 is 6.33. The van der Waals surface area contributed by atoms with Crippen LogP contribution in [-0.4, -0.2) is 15.0 Å². The summed E-state index contributed by atoms with van der Waals surface area (Å²) in [6.45, 7) is 0. The molecule has 0 N–H and O–H groups in total. The quantitative estimate of drug-likeness (QED) is 0.176. The number of furan rings is 1. The van der Waals surface area contributed by atoms with E-state index in [1.54, 1.807) is 0 Å². The zero-order valence-corrected chi connectivity index (χ0v) is 27.4. The molecular formula is C45H26ClN3O. The van der Waals surface area contributed by atoms with Crippen LogP contribution >= 0.6 is 11.6 Å². The highest BCUT2D eigenvalue weighted by molar-refractivity contribution is 6.34. The molecule has 0 aliphatic carbocycles. The summed E-state index contributed by atoms with van der Waals surface area (Å²) in [5.74, 6) is 1.64. The lowest BCUT2D eigenvalue weighted by Gasteiger charge is -2.13. The molecular weight excluding hydrogens is 634 g/mol. The number of rotatable bonds is 4. The van der Waals surface area contributed by atoms with Crippen molar-refractivity contribution in [2.24, 2.45) is 0 Å². The van der Waals surface area contributed by atoms with Crippen LogP contribution in [0.5, 0.6) is 0 Å². The van der Waals surface area contributed by atoms with Gasteiger partial charge < -0.3 is 4.42 Å². The Hall–Kier alpha value is -6.36. The van der Waals surface area contributed by atoms with Gasteiger partial charge in [0.05, 0.1) is 5.02 Å². The van der Waals surface area contributed by atoms with Crippen molar-refractivity contribution in [3.05, 3.63) is 163 Å². The van der Waals surface area contributed by atoms with Crippen LogP contribution in [0.1, 0.15) is 0 Å². The van der Waals surface area contributed by atoms with E-state index >= 15 is 0 Å². The Labute approximate surface area is 292 Å². The predicted octanol–water partition coefficient (Wildman–Crippen LogP) is 12.6. The van der Waals surface area contributed by atoms with E-state index in [9.17, 15) is 0 Å². The summed E-state index contributed by atoms with van der Waals surface area (Å²) in [5, 5.41) is 9.29. The van der Waals surface area contributed by atoms with Crippen molar-refractivity contribution >= 4 is 65.9 Å². The SMILES string of the molecule is Clc1cc2oc3ccc4ccccc4c3c2cc1-c1nc(-c2cccc(-c3ccccc3)c2)nc(-c2cc3ccccc3c3ccccc23)n1. The molecule has 8 aromatic carbocycles. The minimum atomic E-state index is 0.494. The third-order valence-electron chi connectivity index (χ3n) is 9.56. The van der Waals surface area contributed by atoms with Gasteiger partial charge in [0.2, 0.25) is 0 Å². The van der Waals surface area contributed by atoms with Gasteiger partial charge in [-0.25, -0.2) is 15.0 Å². The second-order valence-electron chi connectivity index (χ2n) is 12.5. The van der Waals surface area contributed by atoms with E-state index in [2.05, 4.69) is 115 Å². The molecule has 0 bridgehead atoms. The maximum atomic E-state index is 7.10. The van der Waals surface area contributed by atoms with Crippen LogP contribution in [0.25, 0.3) is 99.5 Å². The molecule has 234 valence electrons. The zero-order chi connectivity index (χ0) is 33.2. The van der Waals surface area contributed by atoms with Crippen LogP contribution in [-0.2, 0) is 0 Å². The third-order valence-corrected chi connectivity index (χ3v) is 9.88. The van der Waals surface area contributed by atoms with E-state index in [1.807, 2.05) is 42.5 Å². The van der Waals surface area contributed by atoms with E-state index in [4.69, 9.17) is 31.0 Å². The summed E-state index contributed by atoms with van der Waals surface area (Å²) in [6.07, 6.45) is 0.